The molecule has 0 unspecified atom stereocenters. The first-order chi connectivity index (χ1) is 9.70. The molecule has 7 heteroatoms. The lowest BCUT2D eigenvalue weighted by Crippen LogP contribution is -2.52. The number of hydrogen-bond donors (Lipinski definition) is 3. The number of anilines is 1. The highest BCUT2D eigenvalue weighted by Gasteiger charge is 2.36. The van der Waals surface area contributed by atoms with E-state index in [1.54, 1.807) is 0 Å². The number of carbonyl (C=O) groups excluding carboxylic acids is 1. The number of benzene rings is 1. The van der Waals surface area contributed by atoms with Crippen molar-refractivity contribution in [2.24, 2.45) is 0 Å². The number of aliphatic carboxylic acids is 2. The average molecular weight is 294 g/mol. The Morgan fingerprint density at radius 2 is 1.67 bits per heavy atom. The Hall–Kier alpha value is -2.57. The molecule has 0 aliphatic heterocycles. The van der Waals surface area contributed by atoms with Crippen LogP contribution in [0, 0.1) is 0 Å². The molecule has 1 aromatic rings. The Morgan fingerprint density at radius 3 is 2.05 bits per heavy atom. The number of carboxylic acid groups (broad SMARTS) is 2. The molecule has 0 atom stereocenters. The van der Waals surface area contributed by atoms with E-state index in [0.717, 1.165) is 0 Å². The highest BCUT2D eigenvalue weighted by atomic mass is 16.4. The third-order valence-electron chi connectivity index (χ3n) is 3.16. The summed E-state index contributed by atoms with van der Waals surface area (Å²) in [5, 5.41) is 20.7. The molecule has 0 spiro atoms. The van der Waals surface area contributed by atoms with Crippen molar-refractivity contribution in [2.75, 3.05) is 18.5 Å². The summed E-state index contributed by atoms with van der Waals surface area (Å²) in [5.74, 6) is -2.55. The quantitative estimate of drug-likeness (QED) is 0.716. The molecule has 114 valence electrons. The van der Waals surface area contributed by atoms with Crippen molar-refractivity contribution in [3.8, 4) is 0 Å². The van der Waals surface area contributed by atoms with Gasteiger partial charge in [-0.05, 0) is 38.1 Å². The van der Waals surface area contributed by atoms with Gasteiger partial charge in [-0.15, -0.1) is 0 Å². The van der Waals surface area contributed by atoms with Crippen molar-refractivity contribution in [3.05, 3.63) is 29.8 Å². The van der Waals surface area contributed by atoms with Gasteiger partial charge in [0.05, 0.1) is 0 Å². The Bertz CT molecular complexity index is 551. The predicted molar refractivity (Wildman–Crippen MR) is 76.5 cm³/mol. The number of rotatable bonds is 6. The van der Waals surface area contributed by atoms with Crippen LogP contribution >= 0.6 is 0 Å². The van der Waals surface area contributed by atoms with E-state index in [1.807, 2.05) is 0 Å². The molecule has 0 saturated carbocycles. The monoisotopic (exact) mass is 294 g/mol. The summed E-state index contributed by atoms with van der Waals surface area (Å²) in [4.78, 5) is 35.0. The number of carboxylic acids is 2. The summed E-state index contributed by atoms with van der Waals surface area (Å²) < 4.78 is 0. The van der Waals surface area contributed by atoms with Gasteiger partial charge in [0.25, 0.3) is 5.91 Å². The van der Waals surface area contributed by atoms with Crippen LogP contribution in [0.1, 0.15) is 24.2 Å². The van der Waals surface area contributed by atoms with E-state index in [1.165, 1.54) is 50.1 Å². The minimum atomic E-state index is -1.40. The lowest BCUT2D eigenvalue weighted by molar-refractivity contribution is -0.142. The zero-order chi connectivity index (χ0) is 16.2. The summed E-state index contributed by atoms with van der Waals surface area (Å²) in [6, 6.07) is 6.08. The largest absolute Gasteiger partial charge is 0.480 e. The topological polar surface area (TPSA) is 107 Å². The van der Waals surface area contributed by atoms with Crippen molar-refractivity contribution >= 4 is 23.5 Å². The highest BCUT2D eigenvalue weighted by Crippen LogP contribution is 2.24. The number of nitrogens with zero attached hydrogens (tertiary/aromatic N) is 1. The molecule has 0 heterocycles. The first-order valence-corrected chi connectivity index (χ1v) is 6.25. The Morgan fingerprint density at radius 1 is 1.14 bits per heavy atom. The molecule has 3 N–H and O–H groups in total. The summed E-state index contributed by atoms with van der Waals surface area (Å²) in [7, 11) is 1.50. The maximum Gasteiger partial charge on any atom is 0.328 e. The molecule has 0 fully saturated rings. The van der Waals surface area contributed by atoms with Gasteiger partial charge in [-0.1, -0.05) is 0 Å². The zero-order valence-electron chi connectivity index (χ0n) is 12.1. The second-order valence-electron chi connectivity index (χ2n) is 4.97. The predicted octanol–water partition coefficient (Wildman–Crippen LogP) is 0.800. The fraction of sp³-hybridized carbons (Fsp3) is 0.357. The normalized spacial score (nSPS) is 10.8. The van der Waals surface area contributed by atoms with Crippen LogP contribution in [0.25, 0.3) is 0 Å². The average Bonchev–Trinajstić information content (AvgIpc) is 2.43. The number of amides is 1. The summed E-state index contributed by atoms with van der Waals surface area (Å²) in [5.41, 5.74) is -0.575. The SMILES string of the molecule is CNC(=O)c1ccc(N(CC(=O)O)C(C)(C)C(=O)O)cc1. The van der Waals surface area contributed by atoms with E-state index in [0.29, 0.717) is 11.3 Å². The lowest BCUT2D eigenvalue weighted by atomic mass is 10.0. The second kappa shape index (κ2) is 6.25. The van der Waals surface area contributed by atoms with Crippen molar-refractivity contribution in [1.82, 2.24) is 5.32 Å². The third kappa shape index (κ3) is 3.71. The molecule has 7 nitrogen and oxygen atoms in total. The van der Waals surface area contributed by atoms with E-state index in [-0.39, 0.29) is 5.91 Å². The molecule has 0 aliphatic rings. The maximum atomic E-state index is 11.5. The van der Waals surface area contributed by atoms with Crippen LogP contribution in [0.2, 0.25) is 0 Å². The standard InChI is InChI=1S/C14H18N2O5/c1-14(2,13(20)21)16(8-11(17)18)10-6-4-9(5-7-10)12(19)15-3/h4-7H,8H2,1-3H3,(H,15,19)(H,17,18)(H,20,21). The zero-order valence-corrected chi connectivity index (χ0v) is 12.1. The van der Waals surface area contributed by atoms with Crippen molar-refractivity contribution in [2.45, 2.75) is 19.4 Å². The van der Waals surface area contributed by atoms with E-state index >= 15 is 0 Å². The van der Waals surface area contributed by atoms with Gasteiger partial charge in [0.15, 0.2) is 0 Å². The number of nitrogens with one attached hydrogen (secondary N) is 1. The molecule has 0 bridgehead atoms. The van der Waals surface area contributed by atoms with E-state index in [9.17, 15) is 19.5 Å². The molecular weight excluding hydrogens is 276 g/mol. The van der Waals surface area contributed by atoms with Gasteiger partial charge in [-0.25, -0.2) is 4.79 Å². The smallest absolute Gasteiger partial charge is 0.328 e. The van der Waals surface area contributed by atoms with Gasteiger partial charge >= 0.3 is 11.9 Å². The minimum Gasteiger partial charge on any atom is -0.480 e. The Kier molecular flexibility index (Phi) is 4.91. The molecule has 1 aromatic carbocycles. The molecule has 0 aliphatic carbocycles. The van der Waals surface area contributed by atoms with Crippen LogP contribution in [-0.4, -0.2) is 47.2 Å². The first kappa shape index (κ1) is 16.5. The molecular formula is C14H18N2O5. The first-order valence-electron chi connectivity index (χ1n) is 6.25. The molecule has 0 saturated heterocycles. The third-order valence-corrected chi connectivity index (χ3v) is 3.16. The van der Waals surface area contributed by atoms with Gasteiger partial charge in [0.1, 0.15) is 12.1 Å². The molecule has 0 radical (unpaired) electrons. The van der Waals surface area contributed by atoms with Crippen molar-refractivity contribution in [3.63, 3.8) is 0 Å². The van der Waals surface area contributed by atoms with Gasteiger partial charge in [-0.2, -0.15) is 0 Å². The van der Waals surface area contributed by atoms with Crippen LogP contribution in [0.4, 0.5) is 5.69 Å². The second-order valence-corrected chi connectivity index (χ2v) is 4.97. The summed E-state index contributed by atoms with van der Waals surface area (Å²) >= 11 is 0. The van der Waals surface area contributed by atoms with Gasteiger partial charge in [0.2, 0.25) is 0 Å². The van der Waals surface area contributed by atoms with E-state index < -0.39 is 24.0 Å². The minimum absolute atomic E-state index is 0.274. The van der Waals surface area contributed by atoms with E-state index in [4.69, 9.17) is 5.11 Å². The molecule has 21 heavy (non-hydrogen) atoms. The Balaban J connectivity index is 3.18. The number of carbonyl (C=O) groups is 3. The summed E-state index contributed by atoms with van der Waals surface area (Å²) in [6.07, 6.45) is 0. The molecule has 1 rings (SSSR count). The van der Waals surface area contributed by atoms with Crippen LogP contribution < -0.4 is 10.2 Å². The van der Waals surface area contributed by atoms with Gasteiger partial charge in [-0.3, -0.25) is 9.59 Å². The van der Waals surface area contributed by atoms with Crippen LogP contribution in [-0.2, 0) is 9.59 Å². The van der Waals surface area contributed by atoms with Crippen LogP contribution in [0.5, 0.6) is 0 Å². The van der Waals surface area contributed by atoms with Crippen molar-refractivity contribution in [1.29, 1.82) is 0 Å². The van der Waals surface area contributed by atoms with Gasteiger partial charge in [0, 0.05) is 18.3 Å². The Labute approximate surface area is 122 Å². The van der Waals surface area contributed by atoms with Crippen LogP contribution in [0.15, 0.2) is 24.3 Å². The fourth-order valence-electron chi connectivity index (χ4n) is 1.80. The fourth-order valence-corrected chi connectivity index (χ4v) is 1.80. The highest BCUT2D eigenvalue weighted by molar-refractivity contribution is 5.94. The molecule has 1 amide bonds. The van der Waals surface area contributed by atoms with Crippen molar-refractivity contribution < 1.29 is 24.6 Å². The maximum absolute atomic E-state index is 11.5. The number of hydrogen-bond acceptors (Lipinski definition) is 4. The lowest BCUT2D eigenvalue weighted by Gasteiger charge is -2.35. The molecule has 0 aromatic heterocycles. The van der Waals surface area contributed by atoms with Crippen LogP contribution in [0.3, 0.4) is 0 Å². The van der Waals surface area contributed by atoms with E-state index in [2.05, 4.69) is 5.32 Å². The summed E-state index contributed by atoms with van der Waals surface area (Å²) in [6.45, 7) is 2.38. The van der Waals surface area contributed by atoms with Gasteiger partial charge < -0.3 is 20.4 Å².